The summed E-state index contributed by atoms with van der Waals surface area (Å²) >= 11 is 3.60. The molecule has 104 valence electrons. The highest BCUT2D eigenvalue weighted by atomic mass is 79.9. The summed E-state index contributed by atoms with van der Waals surface area (Å²) in [6.45, 7) is 3.27. The Bertz CT molecular complexity index is 431. The van der Waals surface area contributed by atoms with Gasteiger partial charge >= 0.3 is 0 Å². The van der Waals surface area contributed by atoms with Gasteiger partial charge in [-0.25, -0.2) is 0 Å². The fourth-order valence-corrected chi connectivity index (χ4v) is 4.69. The number of fused-ring (bicyclic) bond motifs is 2. The van der Waals surface area contributed by atoms with Crippen LogP contribution >= 0.6 is 15.9 Å². The van der Waals surface area contributed by atoms with Crippen molar-refractivity contribution in [1.82, 2.24) is 5.32 Å². The second-order valence-corrected chi connectivity index (χ2v) is 7.25. The number of rotatable bonds is 5. The molecule has 0 radical (unpaired) electrons. The monoisotopic (exact) mass is 321 g/mol. The van der Waals surface area contributed by atoms with Gasteiger partial charge in [0.15, 0.2) is 0 Å². The number of hydrogen-bond acceptors (Lipinski definition) is 1. The van der Waals surface area contributed by atoms with Crippen molar-refractivity contribution in [3.8, 4) is 0 Å². The van der Waals surface area contributed by atoms with Gasteiger partial charge in [0.1, 0.15) is 0 Å². The minimum Gasteiger partial charge on any atom is -0.310 e. The molecule has 3 rings (SSSR count). The molecule has 1 aromatic rings. The van der Waals surface area contributed by atoms with Crippen molar-refractivity contribution in [2.45, 2.75) is 45.1 Å². The van der Waals surface area contributed by atoms with E-state index < -0.39 is 0 Å². The zero-order valence-corrected chi connectivity index (χ0v) is 13.3. The van der Waals surface area contributed by atoms with Crippen LogP contribution in [0.15, 0.2) is 28.7 Å². The fourth-order valence-electron chi connectivity index (χ4n) is 4.27. The van der Waals surface area contributed by atoms with E-state index in [0.717, 1.165) is 24.3 Å². The highest BCUT2D eigenvalue weighted by Crippen LogP contribution is 2.50. The zero-order valence-electron chi connectivity index (χ0n) is 11.7. The second kappa shape index (κ2) is 5.97. The average molecular weight is 322 g/mol. The second-order valence-electron chi connectivity index (χ2n) is 6.34. The summed E-state index contributed by atoms with van der Waals surface area (Å²) in [4.78, 5) is 0. The van der Waals surface area contributed by atoms with Gasteiger partial charge in [-0.05, 0) is 67.7 Å². The molecule has 19 heavy (non-hydrogen) atoms. The van der Waals surface area contributed by atoms with Gasteiger partial charge in [0, 0.05) is 10.5 Å². The smallest absolute Gasteiger partial charge is 0.0323 e. The molecule has 4 unspecified atom stereocenters. The molecule has 0 saturated heterocycles. The topological polar surface area (TPSA) is 12.0 Å². The Kier molecular flexibility index (Phi) is 4.28. The Morgan fingerprint density at radius 1 is 1.32 bits per heavy atom. The summed E-state index contributed by atoms with van der Waals surface area (Å²) in [6, 6.07) is 9.35. The van der Waals surface area contributed by atoms with Crippen LogP contribution in [-0.4, -0.2) is 6.54 Å². The van der Waals surface area contributed by atoms with Gasteiger partial charge in [0.25, 0.3) is 0 Å². The van der Waals surface area contributed by atoms with E-state index in [4.69, 9.17) is 0 Å². The van der Waals surface area contributed by atoms with Crippen LogP contribution in [0, 0.1) is 17.8 Å². The maximum atomic E-state index is 3.69. The molecule has 0 amide bonds. The molecule has 2 aliphatic rings. The van der Waals surface area contributed by atoms with Gasteiger partial charge in [-0.1, -0.05) is 41.4 Å². The van der Waals surface area contributed by atoms with Crippen LogP contribution in [0.1, 0.15) is 50.6 Å². The number of benzene rings is 1. The molecule has 2 fully saturated rings. The molecule has 0 aliphatic heterocycles. The van der Waals surface area contributed by atoms with Crippen LogP contribution in [0.3, 0.4) is 0 Å². The Hall–Kier alpha value is -0.340. The van der Waals surface area contributed by atoms with Crippen molar-refractivity contribution in [3.63, 3.8) is 0 Å². The van der Waals surface area contributed by atoms with Crippen molar-refractivity contribution in [3.05, 3.63) is 34.3 Å². The molecule has 4 atom stereocenters. The molecule has 0 spiro atoms. The first-order valence-corrected chi connectivity index (χ1v) is 8.54. The molecule has 1 nitrogen and oxygen atoms in total. The Morgan fingerprint density at radius 2 is 2.21 bits per heavy atom. The van der Waals surface area contributed by atoms with Gasteiger partial charge < -0.3 is 5.32 Å². The first kappa shape index (κ1) is 13.6. The third kappa shape index (κ3) is 3.05. The molecule has 1 aromatic carbocycles. The minimum absolute atomic E-state index is 0.534. The molecular weight excluding hydrogens is 298 g/mol. The SMILES string of the molecule is CCNC(CC1CC2CCC1C2)c1cccc(Br)c1. The lowest BCUT2D eigenvalue weighted by Crippen LogP contribution is -2.25. The first-order valence-electron chi connectivity index (χ1n) is 7.75. The van der Waals surface area contributed by atoms with Crippen molar-refractivity contribution < 1.29 is 0 Å². The summed E-state index contributed by atoms with van der Waals surface area (Å²) in [5.74, 6) is 3.04. The van der Waals surface area contributed by atoms with Gasteiger partial charge in [0.05, 0.1) is 0 Å². The lowest BCUT2D eigenvalue weighted by atomic mass is 9.83. The summed E-state index contributed by atoms with van der Waals surface area (Å²) in [5, 5.41) is 3.69. The van der Waals surface area contributed by atoms with E-state index in [1.54, 1.807) is 0 Å². The highest BCUT2D eigenvalue weighted by Gasteiger charge is 2.40. The number of hydrogen-bond donors (Lipinski definition) is 1. The van der Waals surface area contributed by atoms with E-state index in [1.165, 1.54) is 42.1 Å². The van der Waals surface area contributed by atoms with Crippen molar-refractivity contribution in [2.24, 2.45) is 17.8 Å². The van der Waals surface area contributed by atoms with E-state index in [9.17, 15) is 0 Å². The summed E-state index contributed by atoms with van der Waals surface area (Å²) in [6.07, 6.45) is 7.32. The first-order chi connectivity index (χ1) is 9.26. The van der Waals surface area contributed by atoms with Crippen LogP contribution in [0.25, 0.3) is 0 Å². The molecule has 1 N–H and O–H groups in total. The van der Waals surface area contributed by atoms with Crippen LogP contribution in [0.2, 0.25) is 0 Å². The highest BCUT2D eigenvalue weighted by molar-refractivity contribution is 9.10. The van der Waals surface area contributed by atoms with Gasteiger partial charge in [-0.3, -0.25) is 0 Å². The van der Waals surface area contributed by atoms with Crippen LogP contribution in [0.5, 0.6) is 0 Å². The zero-order chi connectivity index (χ0) is 13.2. The standard InChI is InChI=1S/C17H24BrN/c1-2-19-17(14-4-3-5-16(18)10-14)11-15-9-12-6-7-13(15)8-12/h3-5,10,12-13,15,17,19H,2,6-9,11H2,1H3. The van der Waals surface area contributed by atoms with E-state index in [2.05, 4.69) is 52.4 Å². The molecule has 2 heteroatoms. The predicted molar refractivity (Wildman–Crippen MR) is 84.1 cm³/mol. The number of halogens is 1. The minimum atomic E-state index is 0.534. The van der Waals surface area contributed by atoms with Crippen molar-refractivity contribution >= 4 is 15.9 Å². The molecule has 2 aliphatic carbocycles. The molecule has 0 aromatic heterocycles. The Morgan fingerprint density at radius 3 is 2.84 bits per heavy atom. The van der Waals surface area contributed by atoms with Crippen molar-refractivity contribution in [1.29, 1.82) is 0 Å². The third-order valence-corrected chi connectivity index (χ3v) is 5.62. The fraction of sp³-hybridized carbons (Fsp3) is 0.647. The summed E-state index contributed by atoms with van der Waals surface area (Å²) < 4.78 is 1.20. The van der Waals surface area contributed by atoms with E-state index in [-0.39, 0.29) is 0 Å². The predicted octanol–water partition coefficient (Wildman–Crippen LogP) is 4.93. The maximum Gasteiger partial charge on any atom is 0.0323 e. The van der Waals surface area contributed by atoms with Crippen LogP contribution < -0.4 is 5.32 Å². The summed E-state index contributed by atoms with van der Waals surface area (Å²) in [7, 11) is 0. The Labute approximate surface area is 125 Å². The van der Waals surface area contributed by atoms with Gasteiger partial charge in [0.2, 0.25) is 0 Å². The number of nitrogens with one attached hydrogen (secondary N) is 1. The van der Waals surface area contributed by atoms with Crippen LogP contribution in [0.4, 0.5) is 0 Å². The largest absolute Gasteiger partial charge is 0.310 e. The van der Waals surface area contributed by atoms with E-state index in [0.29, 0.717) is 6.04 Å². The lowest BCUT2D eigenvalue weighted by Gasteiger charge is -2.27. The molecule has 2 bridgehead atoms. The maximum absolute atomic E-state index is 3.69. The summed E-state index contributed by atoms with van der Waals surface area (Å²) in [5.41, 5.74) is 1.44. The molecule has 0 heterocycles. The van der Waals surface area contributed by atoms with Crippen molar-refractivity contribution in [2.75, 3.05) is 6.54 Å². The quantitative estimate of drug-likeness (QED) is 0.811. The lowest BCUT2D eigenvalue weighted by molar-refractivity contribution is 0.280. The third-order valence-electron chi connectivity index (χ3n) is 5.12. The Balaban J connectivity index is 1.70. The van der Waals surface area contributed by atoms with Crippen LogP contribution in [-0.2, 0) is 0 Å². The van der Waals surface area contributed by atoms with Gasteiger partial charge in [-0.2, -0.15) is 0 Å². The van der Waals surface area contributed by atoms with E-state index >= 15 is 0 Å². The molecular formula is C17H24BrN. The normalized spacial score (nSPS) is 30.7. The van der Waals surface area contributed by atoms with Gasteiger partial charge in [-0.15, -0.1) is 0 Å². The molecule has 2 saturated carbocycles. The van der Waals surface area contributed by atoms with E-state index in [1.807, 2.05) is 0 Å². The average Bonchev–Trinajstić information content (AvgIpc) is 3.00.